The molecule has 2 aliphatic heterocycles. The Balaban J connectivity index is 1.18. The van der Waals surface area contributed by atoms with Gasteiger partial charge in [-0.25, -0.2) is 0 Å². The zero-order valence-electron chi connectivity index (χ0n) is 19.6. The van der Waals surface area contributed by atoms with Crippen LogP contribution in [0.5, 0.6) is 6.01 Å². The minimum absolute atomic E-state index is 0.124. The molecule has 1 aromatic carbocycles. The van der Waals surface area contributed by atoms with Crippen LogP contribution in [0.15, 0.2) is 36.7 Å². The Morgan fingerprint density at radius 3 is 2.59 bits per heavy atom. The van der Waals surface area contributed by atoms with Crippen LogP contribution in [0.2, 0.25) is 5.02 Å². The van der Waals surface area contributed by atoms with E-state index in [2.05, 4.69) is 29.5 Å². The van der Waals surface area contributed by atoms with Crippen LogP contribution >= 0.6 is 11.6 Å². The maximum absolute atomic E-state index is 13.3. The molecule has 0 unspecified atom stereocenters. The van der Waals surface area contributed by atoms with Crippen molar-refractivity contribution < 1.29 is 9.53 Å². The predicted molar refractivity (Wildman–Crippen MR) is 131 cm³/mol. The number of hydrogen-bond donors (Lipinski definition) is 0. The maximum Gasteiger partial charge on any atom is 0.297 e. The lowest BCUT2D eigenvalue weighted by Gasteiger charge is -2.37. The van der Waals surface area contributed by atoms with Crippen molar-refractivity contribution in [2.24, 2.45) is 5.92 Å². The molecule has 0 saturated carbocycles. The third kappa shape index (κ3) is 4.88. The molecule has 34 heavy (non-hydrogen) atoms. The Labute approximate surface area is 204 Å². The molecule has 0 bridgehead atoms. The van der Waals surface area contributed by atoms with Gasteiger partial charge in [0.15, 0.2) is 0 Å². The van der Waals surface area contributed by atoms with Gasteiger partial charge in [0.25, 0.3) is 6.01 Å². The highest BCUT2D eigenvalue weighted by Gasteiger charge is 2.32. The number of amides is 1. The molecule has 0 radical (unpaired) electrons. The number of fused-ring (bicyclic) bond motifs is 1. The standard InChI is InChI=1S/C25H31ClN6O2/c1-2-34-25-29-22-15-20(26)3-4-23(22)32(25)21-8-13-31(14-9-21)24(33)19-6-11-30(12-7-19)17-18-5-10-27-28-16-18/h3-5,10,15-16,19,21H,2,6-9,11-14,17H2,1H3. The summed E-state index contributed by atoms with van der Waals surface area (Å²) in [5, 5.41) is 8.47. The van der Waals surface area contributed by atoms with Gasteiger partial charge in [0.2, 0.25) is 5.91 Å². The van der Waals surface area contributed by atoms with E-state index in [-0.39, 0.29) is 12.0 Å². The Hall–Kier alpha value is -2.71. The van der Waals surface area contributed by atoms with Crippen LogP contribution in [0.1, 0.15) is 44.2 Å². The van der Waals surface area contributed by atoms with Crippen LogP contribution in [0.3, 0.4) is 0 Å². The van der Waals surface area contributed by atoms with E-state index in [9.17, 15) is 4.79 Å². The van der Waals surface area contributed by atoms with E-state index < -0.39 is 0 Å². The Morgan fingerprint density at radius 2 is 1.88 bits per heavy atom. The van der Waals surface area contributed by atoms with Crippen LogP contribution in [-0.2, 0) is 11.3 Å². The second-order valence-electron chi connectivity index (χ2n) is 9.19. The van der Waals surface area contributed by atoms with Crippen LogP contribution in [0, 0.1) is 5.92 Å². The van der Waals surface area contributed by atoms with Crippen LogP contribution < -0.4 is 4.74 Å². The first kappa shape index (κ1) is 23.1. The van der Waals surface area contributed by atoms with Crippen LogP contribution in [0.4, 0.5) is 0 Å². The van der Waals surface area contributed by atoms with Crippen molar-refractivity contribution in [2.75, 3.05) is 32.8 Å². The highest BCUT2D eigenvalue weighted by Crippen LogP contribution is 2.34. The fraction of sp³-hybridized carbons (Fsp3) is 0.520. The molecule has 5 rings (SSSR count). The second-order valence-corrected chi connectivity index (χ2v) is 9.62. The quantitative estimate of drug-likeness (QED) is 0.529. The molecule has 0 spiro atoms. The molecule has 3 aromatic rings. The fourth-order valence-corrected chi connectivity index (χ4v) is 5.41. The topological polar surface area (TPSA) is 76.4 Å². The summed E-state index contributed by atoms with van der Waals surface area (Å²) < 4.78 is 8.05. The van der Waals surface area contributed by atoms with Crippen molar-refractivity contribution in [2.45, 2.75) is 45.2 Å². The molecule has 9 heteroatoms. The number of piperidine rings is 2. The molecule has 2 aliphatic rings. The normalized spacial score (nSPS) is 18.5. The largest absolute Gasteiger partial charge is 0.465 e. The molecule has 4 heterocycles. The number of carbonyl (C=O) groups is 1. The highest BCUT2D eigenvalue weighted by molar-refractivity contribution is 6.31. The van der Waals surface area contributed by atoms with Gasteiger partial charge in [0.05, 0.1) is 23.8 Å². The van der Waals surface area contributed by atoms with Crippen molar-refractivity contribution in [3.05, 3.63) is 47.2 Å². The van der Waals surface area contributed by atoms with Gasteiger partial charge in [-0.1, -0.05) is 11.6 Å². The third-order valence-corrected chi connectivity index (χ3v) is 7.26. The van der Waals surface area contributed by atoms with Gasteiger partial charge in [0.1, 0.15) is 0 Å². The summed E-state index contributed by atoms with van der Waals surface area (Å²) in [6.45, 7) is 6.82. The lowest BCUT2D eigenvalue weighted by atomic mass is 9.93. The molecule has 0 aliphatic carbocycles. The number of halogens is 1. The SMILES string of the molecule is CCOc1nc2cc(Cl)ccc2n1C1CCN(C(=O)C2CCN(Cc3ccnnc3)CC2)CC1. The van der Waals surface area contributed by atoms with Gasteiger partial charge in [-0.05, 0) is 75.5 Å². The zero-order chi connectivity index (χ0) is 23.5. The van der Waals surface area contributed by atoms with Crippen molar-refractivity contribution in [1.82, 2.24) is 29.5 Å². The molecule has 8 nitrogen and oxygen atoms in total. The third-order valence-electron chi connectivity index (χ3n) is 7.02. The van der Waals surface area contributed by atoms with Gasteiger partial charge in [-0.15, -0.1) is 0 Å². The minimum Gasteiger partial charge on any atom is -0.465 e. The second kappa shape index (κ2) is 10.3. The van der Waals surface area contributed by atoms with Gasteiger partial charge < -0.3 is 9.64 Å². The summed E-state index contributed by atoms with van der Waals surface area (Å²) in [4.78, 5) is 22.4. The summed E-state index contributed by atoms with van der Waals surface area (Å²) in [6.07, 6.45) is 7.17. The number of rotatable bonds is 6. The number of carbonyl (C=O) groups excluding carboxylic acids is 1. The number of imidazole rings is 1. The van der Waals surface area contributed by atoms with E-state index >= 15 is 0 Å². The van der Waals surface area contributed by atoms with E-state index in [1.54, 1.807) is 6.20 Å². The van der Waals surface area contributed by atoms with Crippen LogP contribution in [0.25, 0.3) is 11.0 Å². The molecule has 0 N–H and O–H groups in total. The lowest BCUT2D eigenvalue weighted by molar-refractivity contribution is -0.138. The van der Waals surface area contributed by atoms with Crippen molar-refractivity contribution in [1.29, 1.82) is 0 Å². The first-order chi connectivity index (χ1) is 16.6. The molecular weight excluding hydrogens is 452 g/mol. The lowest BCUT2D eigenvalue weighted by Crippen LogP contribution is -2.45. The first-order valence-corrected chi connectivity index (χ1v) is 12.6. The van der Waals surface area contributed by atoms with Gasteiger partial charge >= 0.3 is 0 Å². The number of ether oxygens (including phenoxy) is 1. The number of nitrogens with zero attached hydrogens (tertiary/aromatic N) is 6. The van der Waals surface area contributed by atoms with E-state index in [0.29, 0.717) is 23.5 Å². The van der Waals surface area contributed by atoms with E-state index in [4.69, 9.17) is 16.3 Å². The predicted octanol–water partition coefficient (Wildman–Crippen LogP) is 3.95. The average Bonchev–Trinajstić information content (AvgIpc) is 3.22. The fourth-order valence-electron chi connectivity index (χ4n) is 5.24. The molecule has 0 atom stereocenters. The first-order valence-electron chi connectivity index (χ1n) is 12.2. The number of benzene rings is 1. The van der Waals surface area contributed by atoms with E-state index in [1.807, 2.05) is 37.4 Å². The van der Waals surface area contributed by atoms with Gasteiger partial charge in [-0.3, -0.25) is 14.3 Å². The summed E-state index contributed by atoms with van der Waals surface area (Å²) >= 11 is 6.18. The molecule has 2 aromatic heterocycles. The Bertz CT molecular complexity index is 1120. The van der Waals surface area contributed by atoms with E-state index in [1.165, 1.54) is 5.56 Å². The van der Waals surface area contributed by atoms with Crippen LogP contribution in [-0.4, -0.2) is 68.2 Å². The summed E-state index contributed by atoms with van der Waals surface area (Å²) in [5.74, 6) is 0.439. The van der Waals surface area contributed by atoms with Crippen molar-refractivity contribution >= 4 is 28.5 Å². The van der Waals surface area contributed by atoms with Crippen molar-refractivity contribution in [3.63, 3.8) is 0 Å². The maximum atomic E-state index is 13.3. The zero-order valence-corrected chi connectivity index (χ0v) is 20.3. The summed E-state index contributed by atoms with van der Waals surface area (Å²) in [7, 11) is 0. The van der Waals surface area contributed by atoms with Crippen molar-refractivity contribution in [3.8, 4) is 6.01 Å². The Morgan fingerprint density at radius 1 is 1.09 bits per heavy atom. The number of likely N-dealkylation sites (tertiary alicyclic amines) is 2. The number of aromatic nitrogens is 4. The molecule has 1 amide bonds. The summed E-state index contributed by atoms with van der Waals surface area (Å²) in [6, 6.07) is 8.69. The highest BCUT2D eigenvalue weighted by atomic mass is 35.5. The molecule has 2 saturated heterocycles. The number of hydrogen-bond acceptors (Lipinski definition) is 6. The average molecular weight is 483 g/mol. The van der Waals surface area contributed by atoms with Gasteiger partial charge in [-0.2, -0.15) is 15.2 Å². The molecule has 2 fully saturated rings. The monoisotopic (exact) mass is 482 g/mol. The van der Waals surface area contributed by atoms with E-state index in [0.717, 1.165) is 69.4 Å². The Kier molecular flexibility index (Phi) is 6.97. The van der Waals surface area contributed by atoms with Gasteiger partial charge in [0, 0.05) is 42.8 Å². The summed E-state index contributed by atoms with van der Waals surface area (Å²) in [5.41, 5.74) is 3.06. The molecule has 180 valence electrons. The smallest absolute Gasteiger partial charge is 0.297 e. The molecular formula is C25H31ClN6O2. The minimum atomic E-state index is 0.124.